The predicted molar refractivity (Wildman–Crippen MR) is 98.7 cm³/mol. The third-order valence-electron chi connectivity index (χ3n) is 4.89. The molecular weight excluding hydrogens is 345 g/mol. The highest BCUT2D eigenvalue weighted by atomic mass is 19.1. The van der Waals surface area contributed by atoms with Crippen molar-refractivity contribution in [3.05, 3.63) is 78.1 Å². The third-order valence-corrected chi connectivity index (χ3v) is 4.89. The van der Waals surface area contributed by atoms with Crippen LogP contribution in [0.3, 0.4) is 0 Å². The summed E-state index contributed by atoms with van der Waals surface area (Å²) in [5, 5.41) is 23.9. The van der Waals surface area contributed by atoms with Crippen molar-refractivity contribution in [2.75, 3.05) is 18.0 Å². The minimum atomic E-state index is -1.00. The average molecular weight is 361 g/mol. The maximum atomic E-state index is 13.1. The van der Waals surface area contributed by atoms with Gasteiger partial charge in [0.25, 0.3) is 0 Å². The second kappa shape index (κ2) is 5.85. The number of benzene rings is 2. The molecule has 0 saturated carbocycles. The Balaban J connectivity index is 1.44. The number of hydrogen-bond acceptors (Lipinski definition) is 5. The number of nitrogens with zero attached hydrogens (tertiary/aromatic N) is 5. The number of anilines is 1. The van der Waals surface area contributed by atoms with Crippen molar-refractivity contribution in [1.82, 2.24) is 19.8 Å². The zero-order valence-electron chi connectivity index (χ0n) is 14.3. The molecule has 5 rings (SSSR count). The fourth-order valence-corrected chi connectivity index (χ4v) is 3.40. The standard InChI is InChI=1S/C20H16FN5O/c21-16-8-6-15(7-9-16)20(27)12-25(13-20)18-11-10-17-22-23-19(26(17)24-18)14-4-2-1-3-5-14/h1-11,27H,12-13H2. The molecule has 1 fully saturated rings. The van der Waals surface area contributed by atoms with Gasteiger partial charge in [0.05, 0.1) is 13.1 Å². The van der Waals surface area contributed by atoms with Crippen LogP contribution in [0.15, 0.2) is 66.7 Å². The summed E-state index contributed by atoms with van der Waals surface area (Å²) in [5.41, 5.74) is 1.29. The van der Waals surface area contributed by atoms with E-state index in [0.717, 1.165) is 11.4 Å². The van der Waals surface area contributed by atoms with Crippen LogP contribution in [0.1, 0.15) is 5.56 Å². The monoisotopic (exact) mass is 361 g/mol. The zero-order chi connectivity index (χ0) is 18.4. The van der Waals surface area contributed by atoms with Gasteiger partial charge in [0.15, 0.2) is 11.5 Å². The number of aromatic nitrogens is 4. The molecule has 0 atom stereocenters. The highest BCUT2D eigenvalue weighted by Gasteiger charge is 2.43. The molecule has 0 amide bonds. The summed E-state index contributed by atoms with van der Waals surface area (Å²) in [4.78, 5) is 1.97. The van der Waals surface area contributed by atoms with E-state index in [4.69, 9.17) is 0 Å². The summed E-state index contributed by atoms with van der Waals surface area (Å²) in [6, 6.07) is 19.4. The van der Waals surface area contributed by atoms with Crippen molar-refractivity contribution in [2.24, 2.45) is 0 Å². The Bertz CT molecular complexity index is 1100. The number of β-amino-alcohol motifs (C(OH)–C–C–N with tert-alkyl or cyclic N) is 1. The smallest absolute Gasteiger partial charge is 0.185 e. The largest absolute Gasteiger partial charge is 0.381 e. The van der Waals surface area contributed by atoms with Gasteiger partial charge >= 0.3 is 0 Å². The van der Waals surface area contributed by atoms with Crippen molar-refractivity contribution >= 4 is 11.5 Å². The topological polar surface area (TPSA) is 66.5 Å². The summed E-state index contributed by atoms with van der Waals surface area (Å²) in [6.45, 7) is 0.778. The summed E-state index contributed by atoms with van der Waals surface area (Å²) >= 11 is 0. The Hall–Kier alpha value is -3.32. The molecule has 1 aliphatic heterocycles. The molecule has 6 nitrogen and oxygen atoms in total. The van der Waals surface area contributed by atoms with E-state index < -0.39 is 5.60 Å². The van der Waals surface area contributed by atoms with Crippen LogP contribution in [0.5, 0.6) is 0 Å². The van der Waals surface area contributed by atoms with Gasteiger partial charge in [-0.15, -0.1) is 15.3 Å². The highest BCUT2D eigenvalue weighted by molar-refractivity contribution is 5.60. The number of rotatable bonds is 3. The molecule has 0 bridgehead atoms. The molecule has 0 unspecified atom stereocenters. The summed E-state index contributed by atoms with van der Waals surface area (Å²) in [7, 11) is 0. The van der Waals surface area contributed by atoms with E-state index in [1.807, 2.05) is 47.4 Å². The van der Waals surface area contributed by atoms with Crippen LogP contribution >= 0.6 is 0 Å². The first-order chi connectivity index (χ1) is 13.1. The second-order valence-electron chi connectivity index (χ2n) is 6.75. The quantitative estimate of drug-likeness (QED) is 0.608. The first-order valence-electron chi connectivity index (χ1n) is 8.64. The number of hydrogen-bond donors (Lipinski definition) is 1. The molecule has 1 N–H and O–H groups in total. The third kappa shape index (κ3) is 2.63. The molecule has 0 radical (unpaired) electrons. The van der Waals surface area contributed by atoms with Crippen molar-refractivity contribution < 1.29 is 9.50 Å². The lowest BCUT2D eigenvalue weighted by Gasteiger charge is -2.47. The van der Waals surface area contributed by atoms with Gasteiger partial charge in [0.2, 0.25) is 0 Å². The van der Waals surface area contributed by atoms with Gasteiger partial charge in [0.1, 0.15) is 17.2 Å². The van der Waals surface area contributed by atoms with Crippen molar-refractivity contribution in [1.29, 1.82) is 0 Å². The number of aliphatic hydroxyl groups is 1. The first-order valence-corrected chi connectivity index (χ1v) is 8.64. The van der Waals surface area contributed by atoms with Crippen LogP contribution < -0.4 is 4.90 Å². The van der Waals surface area contributed by atoms with Crippen molar-refractivity contribution in [2.45, 2.75) is 5.60 Å². The van der Waals surface area contributed by atoms with Gasteiger partial charge in [-0.3, -0.25) is 0 Å². The van der Waals surface area contributed by atoms with Gasteiger partial charge in [-0.05, 0) is 29.8 Å². The summed E-state index contributed by atoms with van der Waals surface area (Å²) in [6.07, 6.45) is 0. The molecule has 1 saturated heterocycles. The number of halogens is 1. The van der Waals surface area contributed by atoms with Gasteiger partial charge in [-0.1, -0.05) is 42.5 Å². The average Bonchev–Trinajstić information content (AvgIpc) is 3.10. The van der Waals surface area contributed by atoms with E-state index in [-0.39, 0.29) is 5.82 Å². The lowest BCUT2D eigenvalue weighted by molar-refractivity contribution is 0.00690. The van der Waals surface area contributed by atoms with Crippen molar-refractivity contribution in [3.63, 3.8) is 0 Å². The summed E-state index contributed by atoms with van der Waals surface area (Å²) in [5.74, 6) is 1.08. The number of fused-ring (bicyclic) bond motifs is 1. The Labute approximate surface area is 154 Å². The molecule has 2 aromatic carbocycles. The van der Waals surface area contributed by atoms with E-state index in [2.05, 4.69) is 15.3 Å². The maximum absolute atomic E-state index is 13.1. The van der Waals surface area contributed by atoms with E-state index in [1.165, 1.54) is 12.1 Å². The predicted octanol–water partition coefficient (Wildman–Crippen LogP) is 2.64. The zero-order valence-corrected chi connectivity index (χ0v) is 14.3. The Morgan fingerprint density at radius 3 is 2.37 bits per heavy atom. The van der Waals surface area contributed by atoms with Crippen LogP contribution in [-0.4, -0.2) is 38.0 Å². The molecule has 0 aliphatic carbocycles. The van der Waals surface area contributed by atoms with Gasteiger partial charge < -0.3 is 10.0 Å². The summed E-state index contributed by atoms with van der Waals surface area (Å²) < 4.78 is 14.8. The van der Waals surface area contributed by atoms with Crippen LogP contribution in [0.4, 0.5) is 10.2 Å². The van der Waals surface area contributed by atoms with Gasteiger partial charge in [-0.2, -0.15) is 4.52 Å². The lowest BCUT2D eigenvalue weighted by Crippen LogP contribution is -2.60. The van der Waals surface area contributed by atoms with Crippen LogP contribution in [-0.2, 0) is 5.60 Å². The lowest BCUT2D eigenvalue weighted by atomic mass is 9.86. The van der Waals surface area contributed by atoms with Gasteiger partial charge in [-0.25, -0.2) is 4.39 Å². The highest BCUT2D eigenvalue weighted by Crippen LogP contribution is 2.34. The van der Waals surface area contributed by atoms with Crippen LogP contribution in [0, 0.1) is 5.82 Å². The molecule has 2 aromatic heterocycles. The normalized spacial score (nSPS) is 15.7. The van der Waals surface area contributed by atoms with Crippen LogP contribution in [0.2, 0.25) is 0 Å². The molecule has 27 heavy (non-hydrogen) atoms. The SMILES string of the molecule is OC1(c2ccc(F)cc2)CN(c2ccc3nnc(-c4ccccc4)n3n2)C1. The Kier molecular flexibility index (Phi) is 3.45. The minimum Gasteiger partial charge on any atom is -0.381 e. The van der Waals surface area contributed by atoms with Gasteiger partial charge in [0, 0.05) is 5.56 Å². The first kappa shape index (κ1) is 15.9. The molecule has 4 aromatic rings. The molecule has 7 heteroatoms. The fraction of sp³-hybridized carbons (Fsp3) is 0.150. The Morgan fingerprint density at radius 2 is 1.63 bits per heavy atom. The second-order valence-corrected chi connectivity index (χ2v) is 6.75. The van der Waals surface area contributed by atoms with E-state index >= 15 is 0 Å². The Morgan fingerprint density at radius 1 is 0.889 bits per heavy atom. The molecular formula is C20H16FN5O. The van der Waals surface area contributed by atoms with Crippen LogP contribution in [0.25, 0.3) is 17.0 Å². The van der Waals surface area contributed by atoms with E-state index in [9.17, 15) is 9.50 Å². The minimum absolute atomic E-state index is 0.313. The molecule has 0 spiro atoms. The molecule has 3 heterocycles. The van der Waals surface area contributed by atoms with E-state index in [1.54, 1.807) is 16.6 Å². The van der Waals surface area contributed by atoms with Crippen molar-refractivity contribution in [3.8, 4) is 11.4 Å². The van der Waals surface area contributed by atoms with E-state index in [0.29, 0.717) is 30.1 Å². The molecule has 1 aliphatic rings. The maximum Gasteiger partial charge on any atom is 0.185 e. The molecule has 134 valence electrons. The fourth-order valence-electron chi connectivity index (χ4n) is 3.40.